The van der Waals surface area contributed by atoms with Crippen LogP contribution in [0.15, 0.2) is 146 Å². The molecule has 0 aliphatic carbocycles. The van der Waals surface area contributed by atoms with Gasteiger partial charge >= 0.3 is 0 Å². The van der Waals surface area contributed by atoms with Gasteiger partial charge in [-0.05, 0) is 53.9 Å². The molecule has 9 aromatic rings. The van der Waals surface area contributed by atoms with Gasteiger partial charge in [0.25, 0.3) is 0 Å². The summed E-state index contributed by atoms with van der Waals surface area (Å²) in [5.74, 6) is 0.382. The summed E-state index contributed by atoms with van der Waals surface area (Å²) in [6.07, 6.45) is 0. The normalized spacial score (nSPS) is 11.8. The molecule has 0 spiro atoms. The van der Waals surface area contributed by atoms with E-state index in [2.05, 4.69) is 130 Å². The first-order valence-electron chi connectivity index (χ1n) is 14.5. The van der Waals surface area contributed by atoms with Crippen LogP contribution in [-0.2, 0) is 0 Å². The number of rotatable bonds is 3. The maximum atomic E-state index is 8.49. The van der Waals surface area contributed by atoms with Crippen LogP contribution in [-0.4, -0.2) is 14.8 Å². The van der Waals surface area contributed by atoms with Gasteiger partial charge in [-0.2, -0.15) is 0 Å². The summed E-state index contributed by atoms with van der Waals surface area (Å²) in [7, 11) is 0. The predicted octanol–water partition coefficient (Wildman–Crippen LogP) is 9.93. The molecule has 0 fully saturated rings. The molecule has 2 N–H and O–H groups in total. The SMILES string of the molecule is N=C(Nc1ccc(-n2c3ccccc3c3c2ccc2cc4c5ccccc5c5ccccc5n4c23)cc1)c1ccccc1. The Morgan fingerprint density at radius 1 is 0.512 bits per heavy atom. The second kappa shape index (κ2) is 9.07. The molecule has 0 atom stereocenters. The lowest BCUT2D eigenvalue weighted by molar-refractivity contribution is 1.18. The minimum atomic E-state index is 0.382. The van der Waals surface area contributed by atoms with Crippen molar-refractivity contribution >= 4 is 71.4 Å². The van der Waals surface area contributed by atoms with Crippen LogP contribution in [0.4, 0.5) is 5.69 Å². The second-order valence-electron chi connectivity index (χ2n) is 11.1. The molecule has 0 radical (unpaired) electrons. The number of aromatic nitrogens is 2. The van der Waals surface area contributed by atoms with Gasteiger partial charge in [0.05, 0.1) is 27.6 Å². The maximum absolute atomic E-state index is 8.49. The summed E-state index contributed by atoms with van der Waals surface area (Å²) in [6.45, 7) is 0. The fourth-order valence-corrected chi connectivity index (χ4v) is 6.83. The highest BCUT2D eigenvalue weighted by Gasteiger charge is 2.19. The number of nitrogens with zero attached hydrogens (tertiary/aromatic N) is 2. The molecule has 3 heterocycles. The Morgan fingerprint density at radius 2 is 1.14 bits per heavy atom. The molecule has 9 rings (SSSR count). The van der Waals surface area contributed by atoms with Crippen molar-refractivity contribution in [1.82, 2.24) is 8.97 Å². The zero-order valence-electron chi connectivity index (χ0n) is 23.3. The van der Waals surface area contributed by atoms with Gasteiger partial charge in [-0.3, -0.25) is 5.41 Å². The van der Waals surface area contributed by atoms with E-state index in [9.17, 15) is 0 Å². The van der Waals surface area contributed by atoms with Crippen molar-refractivity contribution in [2.75, 3.05) is 5.32 Å². The zero-order chi connectivity index (χ0) is 28.5. The number of benzene rings is 6. The quantitative estimate of drug-likeness (QED) is 0.128. The van der Waals surface area contributed by atoms with Crippen molar-refractivity contribution in [2.24, 2.45) is 0 Å². The molecule has 0 aliphatic rings. The molecular weight excluding hydrogens is 524 g/mol. The van der Waals surface area contributed by atoms with E-state index in [1.807, 2.05) is 30.3 Å². The van der Waals surface area contributed by atoms with E-state index in [4.69, 9.17) is 5.41 Å². The van der Waals surface area contributed by atoms with E-state index >= 15 is 0 Å². The molecule has 4 heteroatoms. The van der Waals surface area contributed by atoms with Gasteiger partial charge < -0.3 is 14.3 Å². The molecule has 0 bridgehead atoms. The Bertz CT molecular complexity index is 2530. The third-order valence-electron chi connectivity index (χ3n) is 8.69. The van der Waals surface area contributed by atoms with Crippen LogP contribution in [0.25, 0.3) is 65.6 Å². The number of pyridine rings is 1. The first-order valence-corrected chi connectivity index (χ1v) is 14.5. The second-order valence-corrected chi connectivity index (χ2v) is 11.1. The fraction of sp³-hybridized carbons (Fsp3) is 0. The van der Waals surface area contributed by atoms with Gasteiger partial charge in [0, 0.05) is 43.9 Å². The minimum absolute atomic E-state index is 0.382. The average Bonchev–Trinajstić information content (AvgIpc) is 3.62. The summed E-state index contributed by atoms with van der Waals surface area (Å²) in [6, 6.07) is 51.2. The van der Waals surface area contributed by atoms with Gasteiger partial charge in [0.2, 0.25) is 0 Å². The van der Waals surface area contributed by atoms with Crippen molar-refractivity contribution < 1.29 is 0 Å². The number of amidine groups is 1. The molecule has 0 amide bonds. The molecule has 0 aliphatic heterocycles. The first kappa shape index (κ1) is 23.8. The van der Waals surface area contributed by atoms with Crippen LogP contribution in [0, 0.1) is 5.41 Å². The van der Waals surface area contributed by atoms with Crippen LogP contribution in [0.1, 0.15) is 5.56 Å². The van der Waals surface area contributed by atoms with Crippen molar-refractivity contribution in [2.45, 2.75) is 0 Å². The van der Waals surface area contributed by atoms with Gasteiger partial charge in [0.15, 0.2) is 0 Å². The fourth-order valence-electron chi connectivity index (χ4n) is 6.83. The Balaban J connectivity index is 1.30. The van der Waals surface area contributed by atoms with E-state index in [1.165, 1.54) is 59.9 Å². The third kappa shape index (κ3) is 3.47. The Morgan fingerprint density at radius 3 is 1.91 bits per heavy atom. The lowest BCUT2D eigenvalue weighted by Gasteiger charge is -2.12. The third-order valence-corrected chi connectivity index (χ3v) is 8.69. The van der Waals surface area contributed by atoms with Gasteiger partial charge in [0.1, 0.15) is 5.84 Å². The molecule has 0 saturated carbocycles. The lowest BCUT2D eigenvalue weighted by atomic mass is 10.1. The van der Waals surface area contributed by atoms with Crippen molar-refractivity contribution in [3.05, 3.63) is 151 Å². The highest BCUT2D eigenvalue weighted by molar-refractivity contribution is 6.24. The van der Waals surface area contributed by atoms with Crippen LogP contribution < -0.4 is 5.32 Å². The van der Waals surface area contributed by atoms with Crippen molar-refractivity contribution in [3.63, 3.8) is 0 Å². The molecular formula is C39H26N4. The predicted molar refractivity (Wildman–Crippen MR) is 181 cm³/mol. The van der Waals surface area contributed by atoms with Crippen LogP contribution in [0.3, 0.4) is 0 Å². The number of hydrogen-bond donors (Lipinski definition) is 2. The van der Waals surface area contributed by atoms with Gasteiger partial charge in [-0.1, -0.05) is 97.1 Å². The summed E-state index contributed by atoms with van der Waals surface area (Å²) < 4.78 is 4.83. The van der Waals surface area contributed by atoms with Gasteiger partial charge in [-0.25, -0.2) is 0 Å². The molecule has 4 nitrogen and oxygen atoms in total. The number of hydrogen-bond acceptors (Lipinski definition) is 1. The standard InChI is InChI=1S/C39H26N4/c40-39(25-10-2-1-3-11-25)41-27-19-21-28(22-20-27)42-34-17-9-7-15-32(34)37-35(42)23-18-26-24-36-31-14-5-4-12-29(31)30-13-6-8-16-33(30)43(36)38(26)37/h1-24H,(H2,40,41). The van der Waals surface area contributed by atoms with Crippen molar-refractivity contribution in [3.8, 4) is 5.69 Å². The number of nitrogens with one attached hydrogen (secondary N) is 2. The van der Waals surface area contributed by atoms with E-state index in [1.54, 1.807) is 0 Å². The molecule has 0 unspecified atom stereocenters. The largest absolute Gasteiger partial charge is 0.340 e. The zero-order valence-corrected chi connectivity index (χ0v) is 23.3. The summed E-state index contributed by atoms with van der Waals surface area (Å²) in [5.41, 5.74) is 8.84. The number of para-hydroxylation sites is 2. The van der Waals surface area contributed by atoms with Crippen molar-refractivity contribution in [1.29, 1.82) is 5.41 Å². The lowest BCUT2D eigenvalue weighted by Crippen LogP contribution is -2.11. The van der Waals surface area contributed by atoms with E-state index in [0.29, 0.717) is 5.84 Å². The first-order chi connectivity index (χ1) is 21.3. The van der Waals surface area contributed by atoms with Crippen LogP contribution in [0.2, 0.25) is 0 Å². The number of anilines is 1. The van der Waals surface area contributed by atoms with Crippen LogP contribution >= 0.6 is 0 Å². The molecule has 43 heavy (non-hydrogen) atoms. The minimum Gasteiger partial charge on any atom is -0.340 e. The van der Waals surface area contributed by atoms with E-state index < -0.39 is 0 Å². The molecule has 202 valence electrons. The maximum Gasteiger partial charge on any atom is 0.129 e. The monoisotopic (exact) mass is 550 g/mol. The average molecular weight is 551 g/mol. The Labute approximate surface area is 247 Å². The topological polar surface area (TPSA) is 45.2 Å². The summed E-state index contributed by atoms with van der Waals surface area (Å²) in [4.78, 5) is 0. The van der Waals surface area contributed by atoms with E-state index in [0.717, 1.165) is 16.9 Å². The molecule has 6 aromatic carbocycles. The van der Waals surface area contributed by atoms with Crippen LogP contribution in [0.5, 0.6) is 0 Å². The highest BCUT2D eigenvalue weighted by Crippen LogP contribution is 2.41. The van der Waals surface area contributed by atoms with Gasteiger partial charge in [-0.15, -0.1) is 0 Å². The highest BCUT2D eigenvalue weighted by atomic mass is 15.0. The number of fused-ring (bicyclic) bond motifs is 12. The Kier molecular flexibility index (Phi) is 5.02. The summed E-state index contributed by atoms with van der Waals surface area (Å²) >= 11 is 0. The Hall–Kier alpha value is -5.87. The summed E-state index contributed by atoms with van der Waals surface area (Å²) in [5, 5.41) is 19.3. The van der Waals surface area contributed by atoms with E-state index in [-0.39, 0.29) is 0 Å². The molecule has 3 aromatic heterocycles. The molecule has 0 saturated heterocycles. The smallest absolute Gasteiger partial charge is 0.129 e.